The molecule has 0 spiro atoms. The predicted octanol–water partition coefficient (Wildman–Crippen LogP) is 2.38. The molecule has 2 rings (SSSR count). The van der Waals surface area contributed by atoms with Crippen LogP contribution < -0.4 is 10.1 Å². The van der Waals surface area contributed by atoms with Crippen molar-refractivity contribution >= 4 is 11.9 Å². The number of furan rings is 1. The number of carboxylic acid groups (broad SMARTS) is 1. The van der Waals surface area contributed by atoms with Crippen molar-refractivity contribution in [2.75, 3.05) is 13.7 Å². The van der Waals surface area contributed by atoms with Gasteiger partial charge in [0.05, 0.1) is 6.04 Å². The molecule has 0 bridgehead atoms. The summed E-state index contributed by atoms with van der Waals surface area (Å²) in [6.45, 7) is 1.75. The molecule has 0 aliphatic rings. The van der Waals surface area contributed by atoms with Crippen molar-refractivity contribution in [1.29, 1.82) is 0 Å². The van der Waals surface area contributed by atoms with Gasteiger partial charge in [0.2, 0.25) is 0 Å². The standard InChI is InChI=1S/C17H19NO6/c1-11(12-3-5-13(6-4-12)23-10-16(19)20)18-17(21)15-8-7-14(24-15)9-22-2/h3-8,11H,9-10H2,1-2H3,(H,18,21)(H,19,20). The molecule has 1 heterocycles. The Hall–Kier alpha value is -2.80. The Bertz CT molecular complexity index is 691. The van der Waals surface area contributed by atoms with Crippen LogP contribution >= 0.6 is 0 Å². The number of hydrogen-bond acceptors (Lipinski definition) is 5. The van der Waals surface area contributed by atoms with Gasteiger partial charge < -0.3 is 24.3 Å². The highest BCUT2D eigenvalue weighted by atomic mass is 16.5. The third-order valence-electron chi connectivity index (χ3n) is 3.26. The highest BCUT2D eigenvalue weighted by Gasteiger charge is 2.15. The second kappa shape index (κ2) is 8.16. The van der Waals surface area contributed by atoms with Crippen molar-refractivity contribution in [3.8, 4) is 5.75 Å². The maximum absolute atomic E-state index is 12.2. The van der Waals surface area contributed by atoms with Crippen LogP contribution in [0, 0.1) is 0 Å². The first-order valence-electron chi connectivity index (χ1n) is 7.32. The minimum atomic E-state index is -1.04. The summed E-state index contributed by atoms with van der Waals surface area (Å²) in [7, 11) is 1.55. The third-order valence-corrected chi connectivity index (χ3v) is 3.26. The molecule has 0 fully saturated rings. The third kappa shape index (κ3) is 4.85. The molecule has 7 heteroatoms. The number of methoxy groups -OCH3 is 1. The molecule has 2 aromatic rings. The highest BCUT2D eigenvalue weighted by molar-refractivity contribution is 5.91. The zero-order valence-corrected chi connectivity index (χ0v) is 13.4. The molecule has 1 unspecified atom stereocenters. The number of nitrogens with one attached hydrogen (secondary N) is 1. The lowest BCUT2D eigenvalue weighted by Crippen LogP contribution is -2.26. The first kappa shape index (κ1) is 17.6. The summed E-state index contributed by atoms with van der Waals surface area (Å²) < 4.78 is 15.4. The normalized spacial score (nSPS) is 11.8. The van der Waals surface area contributed by atoms with E-state index in [1.165, 1.54) is 0 Å². The molecule has 0 saturated carbocycles. The molecule has 24 heavy (non-hydrogen) atoms. The van der Waals surface area contributed by atoms with E-state index in [9.17, 15) is 9.59 Å². The Morgan fingerprint density at radius 1 is 1.21 bits per heavy atom. The first-order chi connectivity index (χ1) is 11.5. The van der Waals surface area contributed by atoms with Gasteiger partial charge in [-0.05, 0) is 36.8 Å². The van der Waals surface area contributed by atoms with Gasteiger partial charge in [-0.2, -0.15) is 0 Å². The molecule has 1 atom stereocenters. The number of carbonyl (C=O) groups is 2. The van der Waals surface area contributed by atoms with Gasteiger partial charge in [-0.3, -0.25) is 4.79 Å². The van der Waals surface area contributed by atoms with Crippen molar-refractivity contribution in [2.45, 2.75) is 19.6 Å². The van der Waals surface area contributed by atoms with Gasteiger partial charge in [0, 0.05) is 7.11 Å². The number of carboxylic acids is 1. The molecule has 0 aliphatic carbocycles. The number of benzene rings is 1. The van der Waals surface area contributed by atoms with Gasteiger partial charge in [0.1, 0.15) is 18.1 Å². The van der Waals surface area contributed by atoms with E-state index < -0.39 is 12.6 Å². The van der Waals surface area contributed by atoms with Crippen LogP contribution in [-0.4, -0.2) is 30.7 Å². The van der Waals surface area contributed by atoms with Crippen LogP contribution in [0.5, 0.6) is 5.75 Å². The molecular weight excluding hydrogens is 314 g/mol. The molecule has 128 valence electrons. The fourth-order valence-corrected chi connectivity index (χ4v) is 2.07. The average molecular weight is 333 g/mol. The SMILES string of the molecule is COCc1ccc(C(=O)NC(C)c2ccc(OCC(=O)O)cc2)o1. The van der Waals surface area contributed by atoms with E-state index in [1.54, 1.807) is 43.5 Å². The predicted molar refractivity (Wildman–Crippen MR) is 84.9 cm³/mol. The van der Waals surface area contributed by atoms with E-state index in [0.29, 0.717) is 18.1 Å². The van der Waals surface area contributed by atoms with Crippen molar-refractivity contribution in [1.82, 2.24) is 5.32 Å². The Morgan fingerprint density at radius 2 is 1.92 bits per heavy atom. The fraction of sp³-hybridized carbons (Fsp3) is 0.294. The quantitative estimate of drug-likeness (QED) is 0.770. The lowest BCUT2D eigenvalue weighted by atomic mass is 10.1. The van der Waals surface area contributed by atoms with E-state index in [-0.39, 0.29) is 17.7 Å². The van der Waals surface area contributed by atoms with Gasteiger partial charge in [-0.25, -0.2) is 4.79 Å². The summed E-state index contributed by atoms with van der Waals surface area (Å²) >= 11 is 0. The van der Waals surface area contributed by atoms with Crippen molar-refractivity contribution in [2.24, 2.45) is 0 Å². The molecule has 0 radical (unpaired) electrons. The zero-order valence-electron chi connectivity index (χ0n) is 13.4. The summed E-state index contributed by atoms with van der Waals surface area (Å²) in [6.07, 6.45) is 0. The van der Waals surface area contributed by atoms with E-state index in [1.807, 2.05) is 6.92 Å². The van der Waals surface area contributed by atoms with Crippen molar-refractivity contribution in [3.63, 3.8) is 0 Å². The maximum Gasteiger partial charge on any atom is 0.341 e. The minimum absolute atomic E-state index is 0.218. The summed E-state index contributed by atoms with van der Waals surface area (Å²) in [5, 5.41) is 11.4. The minimum Gasteiger partial charge on any atom is -0.482 e. The zero-order chi connectivity index (χ0) is 17.5. The molecule has 1 aromatic heterocycles. The van der Waals surface area contributed by atoms with Crippen LogP contribution in [0.2, 0.25) is 0 Å². The van der Waals surface area contributed by atoms with Crippen LogP contribution in [-0.2, 0) is 16.1 Å². The smallest absolute Gasteiger partial charge is 0.341 e. The molecule has 2 N–H and O–H groups in total. The molecular formula is C17H19NO6. The summed E-state index contributed by atoms with van der Waals surface area (Å²) in [5.41, 5.74) is 0.856. The fourth-order valence-electron chi connectivity index (χ4n) is 2.07. The van der Waals surface area contributed by atoms with Crippen LogP contribution in [0.4, 0.5) is 0 Å². The average Bonchev–Trinajstić information content (AvgIpc) is 3.02. The van der Waals surface area contributed by atoms with Crippen LogP contribution in [0.1, 0.15) is 34.8 Å². The molecule has 0 saturated heterocycles. The molecule has 1 aromatic carbocycles. The Labute approximate surface area is 139 Å². The van der Waals surface area contributed by atoms with Crippen molar-refractivity contribution in [3.05, 3.63) is 53.5 Å². The first-order valence-corrected chi connectivity index (χ1v) is 7.32. The van der Waals surface area contributed by atoms with Gasteiger partial charge in [-0.15, -0.1) is 0 Å². The van der Waals surface area contributed by atoms with Crippen molar-refractivity contribution < 1.29 is 28.6 Å². The number of rotatable bonds is 8. The number of carbonyl (C=O) groups excluding carboxylic acids is 1. The van der Waals surface area contributed by atoms with E-state index in [4.69, 9.17) is 19.0 Å². The second-order valence-corrected chi connectivity index (χ2v) is 5.15. The largest absolute Gasteiger partial charge is 0.482 e. The number of ether oxygens (including phenoxy) is 2. The molecule has 1 amide bonds. The van der Waals surface area contributed by atoms with Gasteiger partial charge in [0.25, 0.3) is 5.91 Å². The number of hydrogen-bond donors (Lipinski definition) is 2. The Kier molecular flexibility index (Phi) is 5.97. The lowest BCUT2D eigenvalue weighted by molar-refractivity contribution is -0.139. The van der Waals surface area contributed by atoms with Crippen LogP contribution in [0.15, 0.2) is 40.8 Å². The maximum atomic E-state index is 12.2. The number of amides is 1. The van der Waals surface area contributed by atoms with Gasteiger partial charge in [-0.1, -0.05) is 12.1 Å². The van der Waals surface area contributed by atoms with Crippen LogP contribution in [0.25, 0.3) is 0 Å². The Balaban J connectivity index is 1.94. The van der Waals surface area contributed by atoms with E-state index >= 15 is 0 Å². The summed E-state index contributed by atoms with van der Waals surface area (Å²) in [6, 6.07) is 9.88. The highest BCUT2D eigenvalue weighted by Crippen LogP contribution is 2.18. The topological polar surface area (TPSA) is 98.0 Å². The monoisotopic (exact) mass is 333 g/mol. The number of aliphatic carboxylic acids is 1. The van der Waals surface area contributed by atoms with Gasteiger partial charge >= 0.3 is 5.97 Å². The summed E-state index contributed by atoms with van der Waals surface area (Å²) in [5.74, 6) is -0.109. The lowest BCUT2D eigenvalue weighted by Gasteiger charge is -2.14. The molecule has 7 nitrogen and oxygen atoms in total. The van der Waals surface area contributed by atoms with Gasteiger partial charge in [0.15, 0.2) is 12.4 Å². The molecule has 0 aliphatic heterocycles. The second-order valence-electron chi connectivity index (χ2n) is 5.15. The van der Waals surface area contributed by atoms with E-state index in [0.717, 1.165) is 5.56 Å². The van der Waals surface area contributed by atoms with E-state index in [2.05, 4.69) is 5.32 Å². The summed E-state index contributed by atoms with van der Waals surface area (Å²) in [4.78, 5) is 22.6. The Morgan fingerprint density at radius 3 is 2.54 bits per heavy atom. The van der Waals surface area contributed by atoms with Crippen LogP contribution in [0.3, 0.4) is 0 Å².